The molecule has 0 aliphatic carbocycles. The summed E-state index contributed by atoms with van der Waals surface area (Å²) < 4.78 is 6.05. The van der Waals surface area contributed by atoms with Gasteiger partial charge in [-0.25, -0.2) is 0 Å². The van der Waals surface area contributed by atoms with Crippen molar-refractivity contribution in [1.29, 1.82) is 0 Å². The third-order valence-electron chi connectivity index (χ3n) is 9.83. The minimum atomic E-state index is -0.667. The van der Waals surface area contributed by atoms with Crippen LogP contribution in [0, 0.1) is 0 Å². The van der Waals surface area contributed by atoms with E-state index in [0.29, 0.717) is 12.8 Å². The Morgan fingerprint density at radius 3 is 0.957 bits per heavy atom. The molecule has 4 nitrogen and oxygen atoms in total. The molecule has 1 N–H and O–H groups in total. The molecule has 0 aromatic carbocycles. The molecule has 0 saturated carbocycles. The summed E-state index contributed by atoms with van der Waals surface area (Å²) in [6.45, 7) is 4.56. The highest BCUT2D eigenvalue weighted by Crippen LogP contribution is 2.19. The summed E-state index contributed by atoms with van der Waals surface area (Å²) in [5.74, 6) is -0.618. The molecule has 4 heteroatoms. The van der Waals surface area contributed by atoms with Crippen LogP contribution in [0.1, 0.15) is 251 Å². The first-order chi connectivity index (χ1) is 22.6. The Labute approximate surface area is 288 Å². The third-order valence-corrected chi connectivity index (χ3v) is 9.83. The topological polar surface area (TPSA) is 63.6 Å². The predicted octanol–water partition coefficient (Wildman–Crippen LogP) is 14.5. The monoisotopic (exact) mass is 651 g/mol. The summed E-state index contributed by atoms with van der Waals surface area (Å²) in [6.07, 6.45) is 45.8. The molecular formula is C42H82O4. The standard InChI is InChI=1S/C42H82O4/c1-3-5-7-9-11-12-13-14-15-16-21-24-27-31-35-39-42(45)46-40(36-32-28-10-8-6-4-2)37-33-29-25-22-19-17-18-20-23-26-30-34-38-41(43)44/h40H,3-39H2,1-2H3,(H,43,44). The van der Waals surface area contributed by atoms with E-state index >= 15 is 0 Å². The number of carbonyl (C=O) groups excluding carboxylic acids is 1. The lowest BCUT2D eigenvalue weighted by molar-refractivity contribution is -0.150. The van der Waals surface area contributed by atoms with E-state index in [0.717, 1.165) is 32.1 Å². The molecule has 0 aliphatic rings. The number of hydrogen-bond acceptors (Lipinski definition) is 3. The van der Waals surface area contributed by atoms with E-state index in [-0.39, 0.29) is 12.1 Å². The number of hydrogen-bond donors (Lipinski definition) is 1. The highest BCUT2D eigenvalue weighted by molar-refractivity contribution is 5.69. The molecule has 0 radical (unpaired) electrons. The van der Waals surface area contributed by atoms with Gasteiger partial charge in [0.15, 0.2) is 0 Å². The Hall–Kier alpha value is -1.06. The number of carbonyl (C=O) groups is 2. The summed E-state index contributed by atoms with van der Waals surface area (Å²) in [5, 5.41) is 8.70. The van der Waals surface area contributed by atoms with Gasteiger partial charge in [-0.1, -0.05) is 200 Å². The largest absolute Gasteiger partial charge is 0.481 e. The molecule has 0 fully saturated rings. The second-order valence-electron chi connectivity index (χ2n) is 14.5. The van der Waals surface area contributed by atoms with Crippen molar-refractivity contribution in [3.05, 3.63) is 0 Å². The van der Waals surface area contributed by atoms with Crippen molar-refractivity contribution < 1.29 is 19.4 Å². The molecule has 1 unspecified atom stereocenters. The quantitative estimate of drug-likeness (QED) is 0.0531. The van der Waals surface area contributed by atoms with Crippen LogP contribution in [-0.4, -0.2) is 23.1 Å². The molecule has 274 valence electrons. The van der Waals surface area contributed by atoms with Crippen molar-refractivity contribution in [2.45, 2.75) is 258 Å². The zero-order chi connectivity index (χ0) is 33.6. The summed E-state index contributed by atoms with van der Waals surface area (Å²) in [7, 11) is 0. The second-order valence-corrected chi connectivity index (χ2v) is 14.5. The number of unbranched alkanes of at least 4 members (excludes halogenated alkanes) is 30. The van der Waals surface area contributed by atoms with E-state index in [1.54, 1.807) is 0 Å². The van der Waals surface area contributed by atoms with E-state index in [4.69, 9.17) is 9.84 Å². The molecule has 0 heterocycles. The molecule has 0 spiro atoms. The number of rotatable bonds is 39. The first-order valence-electron chi connectivity index (χ1n) is 21.0. The van der Waals surface area contributed by atoms with Gasteiger partial charge in [0.2, 0.25) is 0 Å². The van der Waals surface area contributed by atoms with Gasteiger partial charge < -0.3 is 9.84 Å². The Morgan fingerprint density at radius 1 is 0.391 bits per heavy atom. The number of ether oxygens (including phenoxy) is 1. The SMILES string of the molecule is CCCCCCCCCCCCCCCCCC(=O)OC(CCCCCCCC)CCCCCCCCCCCCCCC(=O)O. The van der Waals surface area contributed by atoms with E-state index < -0.39 is 5.97 Å². The molecule has 0 aromatic heterocycles. The first kappa shape index (κ1) is 44.9. The fourth-order valence-electron chi connectivity index (χ4n) is 6.72. The summed E-state index contributed by atoms with van der Waals surface area (Å²) in [4.78, 5) is 23.2. The number of carboxylic acids is 1. The minimum absolute atomic E-state index is 0.0487. The number of aliphatic carboxylic acids is 1. The Bertz CT molecular complexity index is 619. The van der Waals surface area contributed by atoms with Gasteiger partial charge in [0.25, 0.3) is 0 Å². The lowest BCUT2D eigenvalue weighted by atomic mass is 10.0. The molecule has 1 atom stereocenters. The zero-order valence-corrected chi connectivity index (χ0v) is 31.4. The van der Waals surface area contributed by atoms with E-state index in [9.17, 15) is 9.59 Å². The van der Waals surface area contributed by atoms with Gasteiger partial charge in [0.1, 0.15) is 6.10 Å². The van der Waals surface area contributed by atoms with Crippen LogP contribution in [0.25, 0.3) is 0 Å². The van der Waals surface area contributed by atoms with Gasteiger partial charge in [-0.05, 0) is 38.5 Å². The van der Waals surface area contributed by atoms with Crippen LogP contribution >= 0.6 is 0 Å². The van der Waals surface area contributed by atoms with E-state index in [1.165, 1.54) is 193 Å². The molecule has 0 bridgehead atoms. The van der Waals surface area contributed by atoms with Crippen LogP contribution in [0.15, 0.2) is 0 Å². The van der Waals surface area contributed by atoms with Crippen molar-refractivity contribution in [3.8, 4) is 0 Å². The third kappa shape index (κ3) is 37.4. The molecule has 0 amide bonds. The van der Waals surface area contributed by atoms with Gasteiger partial charge in [0.05, 0.1) is 0 Å². The van der Waals surface area contributed by atoms with E-state index in [1.807, 2.05) is 0 Å². The van der Waals surface area contributed by atoms with Crippen molar-refractivity contribution in [3.63, 3.8) is 0 Å². The Kier molecular flexibility index (Phi) is 37.5. The number of esters is 1. The highest BCUT2D eigenvalue weighted by Gasteiger charge is 2.14. The van der Waals surface area contributed by atoms with Gasteiger partial charge in [-0.2, -0.15) is 0 Å². The van der Waals surface area contributed by atoms with Crippen LogP contribution in [-0.2, 0) is 14.3 Å². The molecular weight excluding hydrogens is 568 g/mol. The van der Waals surface area contributed by atoms with Crippen LogP contribution in [0.5, 0.6) is 0 Å². The predicted molar refractivity (Wildman–Crippen MR) is 200 cm³/mol. The molecule has 0 aromatic rings. The van der Waals surface area contributed by atoms with Crippen molar-refractivity contribution in [2.24, 2.45) is 0 Å². The summed E-state index contributed by atoms with van der Waals surface area (Å²) in [5.41, 5.74) is 0. The van der Waals surface area contributed by atoms with Crippen molar-refractivity contribution in [2.75, 3.05) is 0 Å². The van der Waals surface area contributed by atoms with Gasteiger partial charge >= 0.3 is 11.9 Å². The van der Waals surface area contributed by atoms with E-state index in [2.05, 4.69) is 13.8 Å². The summed E-state index contributed by atoms with van der Waals surface area (Å²) in [6, 6.07) is 0. The lowest BCUT2D eigenvalue weighted by Crippen LogP contribution is -2.18. The van der Waals surface area contributed by atoms with Gasteiger partial charge in [0, 0.05) is 12.8 Å². The molecule has 0 rings (SSSR count). The van der Waals surface area contributed by atoms with Gasteiger partial charge in [-0.15, -0.1) is 0 Å². The number of carboxylic acid groups (broad SMARTS) is 1. The van der Waals surface area contributed by atoms with Crippen LogP contribution in [0.2, 0.25) is 0 Å². The fraction of sp³-hybridized carbons (Fsp3) is 0.952. The molecule has 0 aliphatic heterocycles. The zero-order valence-electron chi connectivity index (χ0n) is 31.4. The first-order valence-corrected chi connectivity index (χ1v) is 21.0. The average molecular weight is 651 g/mol. The highest BCUT2D eigenvalue weighted by atomic mass is 16.5. The smallest absolute Gasteiger partial charge is 0.306 e. The minimum Gasteiger partial charge on any atom is -0.481 e. The maximum absolute atomic E-state index is 12.7. The van der Waals surface area contributed by atoms with Crippen LogP contribution in [0.4, 0.5) is 0 Å². The average Bonchev–Trinajstić information content (AvgIpc) is 3.04. The second kappa shape index (κ2) is 38.4. The maximum atomic E-state index is 12.7. The molecule has 0 saturated heterocycles. The van der Waals surface area contributed by atoms with Crippen molar-refractivity contribution in [1.82, 2.24) is 0 Å². The maximum Gasteiger partial charge on any atom is 0.306 e. The van der Waals surface area contributed by atoms with Crippen LogP contribution < -0.4 is 0 Å². The van der Waals surface area contributed by atoms with Crippen molar-refractivity contribution >= 4 is 11.9 Å². The Balaban J connectivity index is 3.87. The Morgan fingerprint density at radius 2 is 0.652 bits per heavy atom. The lowest BCUT2D eigenvalue weighted by Gasteiger charge is -2.18. The van der Waals surface area contributed by atoms with Crippen LogP contribution in [0.3, 0.4) is 0 Å². The fourth-order valence-corrected chi connectivity index (χ4v) is 6.72. The molecule has 46 heavy (non-hydrogen) atoms. The van der Waals surface area contributed by atoms with Gasteiger partial charge in [-0.3, -0.25) is 9.59 Å². The normalized spacial score (nSPS) is 12.0. The summed E-state index contributed by atoms with van der Waals surface area (Å²) >= 11 is 0.